The van der Waals surface area contributed by atoms with Crippen LogP contribution in [-0.2, 0) is 14.3 Å². The fraction of sp³-hybridized carbons (Fsp3) is 0.524. The Labute approximate surface area is 164 Å². The molecule has 28 heavy (non-hydrogen) atoms. The van der Waals surface area contributed by atoms with E-state index >= 15 is 0 Å². The molecule has 1 fully saturated rings. The van der Waals surface area contributed by atoms with Crippen molar-refractivity contribution in [2.45, 2.75) is 32.1 Å². The lowest BCUT2D eigenvalue weighted by Gasteiger charge is -2.47. The molecule has 1 saturated heterocycles. The standard InChI is InChI=1S/C21H27FN2O4/c1-27-13-12-24-18-4-2-3-10-21(18,11-9-20(24)26)15-23-19(25)14-28-17-7-5-16(22)6-8-17/h4-8H,2-3,9-15H2,1H3,(H,23,25). The van der Waals surface area contributed by atoms with Crippen molar-refractivity contribution in [1.82, 2.24) is 10.2 Å². The van der Waals surface area contributed by atoms with Crippen LogP contribution >= 0.6 is 0 Å². The van der Waals surface area contributed by atoms with E-state index in [1.165, 1.54) is 24.3 Å². The van der Waals surface area contributed by atoms with E-state index in [-0.39, 0.29) is 29.7 Å². The van der Waals surface area contributed by atoms with Crippen LogP contribution in [0.5, 0.6) is 5.75 Å². The first-order chi connectivity index (χ1) is 13.5. The van der Waals surface area contributed by atoms with Gasteiger partial charge in [-0.3, -0.25) is 9.59 Å². The maximum absolute atomic E-state index is 12.9. The fourth-order valence-corrected chi connectivity index (χ4v) is 3.98. The predicted octanol–water partition coefficient (Wildman–Crippen LogP) is 2.64. The van der Waals surface area contributed by atoms with E-state index in [9.17, 15) is 14.0 Å². The quantitative estimate of drug-likeness (QED) is 0.741. The topological polar surface area (TPSA) is 67.9 Å². The zero-order chi connectivity index (χ0) is 20.0. The summed E-state index contributed by atoms with van der Waals surface area (Å²) in [6.45, 7) is 1.36. The summed E-state index contributed by atoms with van der Waals surface area (Å²) in [6.07, 6.45) is 6.27. The summed E-state index contributed by atoms with van der Waals surface area (Å²) in [5, 5.41) is 2.97. The second kappa shape index (κ2) is 9.19. The lowest BCUT2D eigenvalue weighted by Crippen LogP contribution is -2.51. The van der Waals surface area contributed by atoms with Crippen molar-refractivity contribution < 1.29 is 23.5 Å². The third-order valence-electron chi connectivity index (χ3n) is 5.48. The van der Waals surface area contributed by atoms with Gasteiger partial charge in [-0.25, -0.2) is 4.39 Å². The molecule has 0 radical (unpaired) electrons. The van der Waals surface area contributed by atoms with Crippen LogP contribution in [-0.4, -0.2) is 50.1 Å². The van der Waals surface area contributed by atoms with Crippen molar-refractivity contribution in [3.8, 4) is 5.75 Å². The Hall–Kier alpha value is -2.41. The van der Waals surface area contributed by atoms with Crippen LogP contribution in [0.1, 0.15) is 32.1 Å². The number of nitrogens with zero attached hydrogens (tertiary/aromatic N) is 1. The number of likely N-dealkylation sites (tertiary alicyclic amines) is 1. The molecule has 0 saturated carbocycles. The number of carbonyl (C=O) groups excluding carboxylic acids is 2. The number of allylic oxidation sites excluding steroid dienone is 1. The van der Waals surface area contributed by atoms with E-state index in [1.54, 1.807) is 7.11 Å². The molecular formula is C21H27FN2O4. The lowest BCUT2D eigenvalue weighted by atomic mass is 9.69. The molecule has 152 valence electrons. The van der Waals surface area contributed by atoms with Gasteiger partial charge >= 0.3 is 0 Å². The van der Waals surface area contributed by atoms with Crippen molar-refractivity contribution >= 4 is 11.8 Å². The number of piperidine rings is 1. The van der Waals surface area contributed by atoms with Crippen molar-refractivity contribution in [1.29, 1.82) is 0 Å². The summed E-state index contributed by atoms with van der Waals surface area (Å²) < 4.78 is 23.5. The SMILES string of the molecule is COCCN1C(=O)CCC2(CNC(=O)COc3ccc(F)cc3)CCCC=C12. The van der Waals surface area contributed by atoms with E-state index < -0.39 is 0 Å². The summed E-state index contributed by atoms with van der Waals surface area (Å²) >= 11 is 0. The maximum Gasteiger partial charge on any atom is 0.257 e. The molecule has 2 amide bonds. The molecule has 1 N–H and O–H groups in total. The Bertz CT molecular complexity index is 734. The van der Waals surface area contributed by atoms with Crippen molar-refractivity contribution in [3.63, 3.8) is 0 Å². The number of benzene rings is 1. The third-order valence-corrected chi connectivity index (χ3v) is 5.48. The highest BCUT2D eigenvalue weighted by atomic mass is 19.1. The maximum atomic E-state index is 12.9. The molecule has 1 heterocycles. The second-order valence-corrected chi connectivity index (χ2v) is 7.32. The number of fused-ring (bicyclic) bond motifs is 1. The predicted molar refractivity (Wildman–Crippen MR) is 102 cm³/mol. The van der Waals surface area contributed by atoms with Crippen molar-refractivity contribution in [3.05, 3.63) is 41.9 Å². The van der Waals surface area contributed by atoms with Gasteiger partial charge < -0.3 is 19.7 Å². The van der Waals surface area contributed by atoms with Gasteiger partial charge in [0, 0.05) is 37.7 Å². The molecule has 0 bridgehead atoms. The number of amides is 2. The van der Waals surface area contributed by atoms with Gasteiger partial charge in [-0.1, -0.05) is 6.08 Å². The largest absolute Gasteiger partial charge is 0.484 e. The van der Waals surface area contributed by atoms with Crippen molar-refractivity contribution in [2.75, 3.05) is 33.4 Å². The minimum Gasteiger partial charge on any atom is -0.484 e. The normalized spacial score (nSPS) is 21.7. The summed E-state index contributed by atoms with van der Waals surface area (Å²) in [6, 6.07) is 5.56. The van der Waals surface area contributed by atoms with Gasteiger partial charge in [0.25, 0.3) is 5.91 Å². The van der Waals surface area contributed by atoms with Crippen LogP contribution in [0.25, 0.3) is 0 Å². The van der Waals surface area contributed by atoms with Gasteiger partial charge in [-0.05, 0) is 49.9 Å². The lowest BCUT2D eigenvalue weighted by molar-refractivity contribution is -0.134. The summed E-state index contributed by atoms with van der Waals surface area (Å²) in [7, 11) is 1.62. The Morgan fingerprint density at radius 2 is 2.07 bits per heavy atom. The number of nitrogens with one attached hydrogen (secondary N) is 1. The highest BCUT2D eigenvalue weighted by Gasteiger charge is 2.44. The van der Waals surface area contributed by atoms with E-state index in [0.29, 0.717) is 31.9 Å². The Balaban J connectivity index is 1.60. The average molecular weight is 390 g/mol. The number of rotatable bonds is 8. The zero-order valence-electron chi connectivity index (χ0n) is 16.2. The summed E-state index contributed by atoms with van der Waals surface area (Å²) in [5.41, 5.74) is 0.803. The van der Waals surface area contributed by atoms with E-state index in [4.69, 9.17) is 9.47 Å². The number of carbonyl (C=O) groups is 2. The van der Waals surface area contributed by atoms with Gasteiger partial charge in [0.05, 0.1) is 6.61 Å². The Morgan fingerprint density at radius 1 is 1.29 bits per heavy atom. The number of methoxy groups -OCH3 is 1. The molecule has 1 unspecified atom stereocenters. The molecule has 1 aliphatic carbocycles. The highest BCUT2D eigenvalue weighted by molar-refractivity contribution is 5.80. The summed E-state index contributed by atoms with van der Waals surface area (Å²) in [5.74, 6) is -0.0184. The van der Waals surface area contributed by atoms with Crippen molar-refractivity contribution in [2.24, 2.45) is 5.41 Å². The highest BCUT2D eigenvalue weighted by Crippen LogP contribution is 2.46. The molecule has 0 aromatic heterocycles. The average Bonchev–Trinajstić information content (AvgIpc) is 2.71. The van der Waals surface area contributed by atoms with Crippen LogP contribution in [0, 0.1) is 11.2 Å². The van der Waals surface area contributed by atoms with Crippen LogP contribution < -0.4 is 10.1 Å². The second-order valence-electron chi connectivity index (χ2n) is 7.32. The van der Waals surface area contributed by atoms with Gasteiger partial charge in [0.1, 0.15) is 11.6 Å². The molecule has 7 heteroatoms. The molecule has 6 nitrogen and oxygen atoms in total. The van der Waals surface area contributed by atoms with Gasteiger partial charge in [0.2, 0.25) is 5.91 Å². The smallest absolute Gasteiger partial charge is 0.257 e. The first-order valence-corrected chi connectivity index (χ1v) is 9.69. The Kier molecular flexibility index (Phi) is 6.67. The van der Waals surface area contributed by atoms with E-state index in [1.807, 2.05) is 4.90 Å². The van der Waals surface area contributed by atoms with Crippen LogP contribution in [0.2, 0.25) is 0 Å². The third kappa shape index (κ3) is 4.70. The number of halogens is 1. The molecule has 3 rings (SSSR count). The molecular weight excluding hydrogens is 363 g/mol. The van der Waals surface area contributed by atoms with Crippen LogP contribution in [0.15, 0.2) is 36.0 Å². The van der Waals surface area contributed by atoms with E-state index in [2.05, 4.69) is 11.4 Å². The van der Waals surface area contributed by atoms with E-state index in [0.717, 1.165) is 31.4 Å². The van der Waals surface area contributed by atoms with Gasteiger partial charge in [0.15, 0.2) is 6.61 Å². The van der Waals surface area contributed by atoms with Gasteiger partial charge in [-0.15, -0.1) is 0 Å². The molecule has 1 aromatic rings. The fourth-order valence-electron chi connectivity index (χ4n) is 3.98. The molecule has 1 aliphatic heterocycles. The molecule has 1 atom stereocenters. The minimum absolute atomic E-state index is 0.117. The molecule has 0 spiro atoms. The summed E-state index contributed by atoms with van der Waals surface area (Å²) in [4.78, 5) is 26.5. The number of hydrogen-bond acceptors (Lipinski definition) is 4. The Morgan fingerprint density at radius 3 is 2.82 bits per heavy atom. The van der Waals surface area contributed by atoms with Crippen LogP contribution in [0.3, 0.4) is 0 Å². The monoisotopic (exact) mass is 390 g/mol. The molecule has 1 aromatic carbocycles. The van der Waals surface area contributed by atoms with Gasteiger partial charge in [-0.2, -0.15) is 0 Å². The minimum atomic E-state index is -0.350. The number of hydrogen-bond donors (Lipinski definition) is 1. The molecule has 2 aliphatic rings. The zero-order valence-corrected chi connectivity index (χ0v) is 16.2. The number of ether oxygens (including phenoxy) is 2. The first kappa shape index (κ1) is 20.3. The first-order valence-electron chi connectivity index (χ1n) is 9.69. The van der Waals surface area contributed by atoms with Crippen LogP contribution in [0.4, 0.5) is 4.39 Å².